The van der Waals surface area contributed by atoms with Crippen LogP contribution in [-0.4, -0.2) is 109 Å². The number of anilines is 1. The van der Waals surface area contributed by atoms with E-state index in [9.17, 15) is 13.6 Å². The van der Waals surface area contributed by atoms with Crippen molar-refractivity contribution in [1.82, 2.24) is 24.8 Å². The third-order valence-corrected chi connectivity index (χ3v) is 20.6. The van der Waals surface area contributed by atoms with Gasteiger partial charge in [-0.25, -0.2) is 13.6 Å². The first kappa shape index (κ1) is 47.5. The van der Waals surface area contributed by atoms with Crippen LogP contribution in [0.1, 0.15) is 100.0 Å². The van der Waals surface area contributed by atoms with Gasteiger partial charge in [0.25, 0.3) is 6.08 Å². The Hall–Kier alpha value is -4.98. The molecule has 0 radical (unpaired) electrons. The molecule has 3 unspecified atom stereocenters. The number of piperazine rings is 1. The Morgan fingerprint density at radius 3 is 2.32 bits per heavy atom. The van der Waals surface area contributed by atoms with E-state index in [0.717, 1.165) is 19.3 Å². The first-order valence-corrected chi connectivity index (χ1v) is 25.4. The third-order valence-electron chi connectivity index (χ3n) is 14.3. The average molecular weight is 931 g/mol. The summed E-state index contributed by atoms with van der Waals surface area (Å²) in [5, 5.41) is 1.25. The Kier molecular flexibility index (Phi) is 13.1. The predicted molar refractivity (Wildman–Crippen MR) is 251 cm³/mol. The lowest BCUT2D eigenvalue weighted by molar-refractivity contribution is 0.0122. The number of benzene rings is 2. The van der Waals surface area contributed by atoms with Crippen molar-refractivity contribution in [2.75, 3.05) is 51.6 Å². The van der Waals surface area contributed by atoms with Crippen molar-refractivity contribution in [2.45, 2.75) is 134 Å². The molecule has 16 heteroatoms. The number of nitrogens with zero attached hydrogens (tertiary/aromatic N) is 6. The van der Waals surface area contributed by atoms with Gasteiger partial charge in [0.05, 0.1) is 28.6 Å². The normalized spacial score (nSPS) is 21.1. The number of carbonyl (C=O) groups is 1. The topological polar surface area (TPSA) is 102 Å². The van der Waals surface area contributed by atoms with Crippen LogP contribution in [0.2, 0.25) is 16.6 Å². The summed E-state index contributed by atoms with van der Waals surface area (Å²) in [7, 11) is -0.856. The predicted octanol–water partition coefficient (Wildman–Crippen LogP) is 11.0. The van der Waals surface area contributed by atoms with E-state index >= 15 is 8.78 Å². The van der Waals surface area contributed by atoms with Crippen molar-refractivity contribution in [2.24, 2.45) is 0 Å². The van der Waals surface area contributed by atoms with Gasteiger partial charge in [-0.1, -0.05) is 53.5 Å². The SMILES string of the molecule is COCOc1cc(-c2ncc3c(N4CC5CCC(C4)N5C(=O)OC(C)(C)C)nc(OCC45CCCN4CC(=C(F)F)C5)nc3c2F)c2c(C#C[Si](C(C)C)(C(C)C)C(C)C)c(F)ccc2c1. The second-order valence-electron chi connectivity index (χ2n) is 20.5. The van der Waals surface area contributed by atoms with Gasteiger partial charge in [0.2, 0.25) is 0 Å². The molecule has 0 N–H and O–H groups in total. The van der Waals surface area contributed by atoms with Gasteiger partial charge in [-0.05, 0) is 99.6 Å². The summed E-state index contributed by atoms with van der Waals surface area (Å²) in [6, 6.07) is 5.85. The second kappa shape index (κ2) is 18.3. The lowest BCUT2D eigenvalue weighted by Crippen LogP contribution is -2.57. The highest BCUT2D eigenvalue weighted by atomic mass is 28.3. The highest BCUT2D eigenvalue weighted by Crippen LogP contribution is 2.45. The summed E-state index contributed by atoms with van der Waals surface area (Å²) in [6.07, 6.45) is 2.59. The molecule has 4 saturated heterocycles. The number of methoxy groups -OCH3 is 1. The maximum Gasteiger partial charge on any atom is 0.410 e. The number of pyridine rings is 1. The van der Waals surface area contributed by atoms with Crippen LogP contribution in [0.3, 0.4) is 0 Å². The lowest BCUT2D eigenvalue weighted by Gasteiger charge is -2.42. The van der Waals surface area contributed by atoms with Gasteiger partial charge < -0.3 is 23.8 Å². The summed E-state index contributed by atoms with van der Waals surface area (Å²) >= 11 is 0. The Morgan fingerprint density at radius 1 is 0.985 bits per heavy atom. The monoisotopic (exact) mass is 930 g/mol. The molecule has 4 aromatic rings. The summed E-state index contributed by atoms with van der Waals surface area (Å²) in [6.45, 7) is 20.1. The van der Waals surface area contributed by atoms with Crippen molar-refractivity contribution in [3.05, 3.63) is 59.3 Å². The number of halogens is 4. The zero-order valence-electron chi connectivity index (χ0n) is 39.8. The Morgan fingerprint density at radius 2 is 1.68 bits per heavy atom. The molecule has 4 aliphatic heterocycles. The molecule has 2 aromatic heterocycles. The van der Waals surface area contributed by atoms with Crippen molar-refractivity contribution in [1.29, 1.82) is 0 Å². The standard InChI is InChI=1S/C50H62F4N6O5Si/c1-29(2)66(30(3)4,31(5)6)19-16-37-40(51)15-12-32-20-36(64-28-62-10)21-38(41(32)37)43-42(52)44-39(23-55-43)46(58-25-34-13-14-35(26-58)60(34)48(61)65-49(7,8)9)57-47(56-44)63-27-50-17-11-18-59(50)24-33(22-50)45(53)54/h12,15,20-21,23,29-31,34-35H,11,13-14,17-18,22,24-28H2,1-10H3. The van der Waals surface area contributed by atoms with Gasteiger partial charge in [0.15, 0.2) is 12.6 Å². The van der Waals surface area contributed by atoms with Crippen LogP contribution in [0.5, 0.6) is 11.8 Å². The summed E-state index contributed by atoms with van der Waals surface area (Å²) in [5.41, 5.74) is 3.43. The fourth-order valence-corrected chi connectivity index (χ4v) is 16.6. The number of carbonyl (C=O) groups excluding carboxylic acids is 1. The summed E-state index contributed by atoms with van der Waals surface area (Å²) in [4.78, 5) is 33.7. The molecule has 0 saturated carbocycles. The number of aromatic nitrogens is 3. The molecule has 0 aliphatic carbocycles. The van der Waals surface area contributed by atoms with E-state index in [1.165, 1.54) is 19.4 Å². The molecule has 3 atom stereocenters. The van der Waals surface area contributed by atoms with E-state index in [4.69, 9.17) is 33.9 Å². The summed E-state index contributed by atoms with van der Waals surface area (Å²) < 4.78 is 85.6. The van der Waals surface area contributed by atoms with Crippen LogP contribution in [0.25, 0.3) is 32.9 Å². The van der Waals surface area contributed by atoms with E-state index in [0.29, 0.717) is 53.8 Å². The Balaban J connectivity index is 1.29. The Labute approximate surface area is 386 Å². The molecule has 6 heterocycles. The molecule has 66 heavy (non-hydrogen) atoms. The maximum atomic E-state index is 17.9. The highest BCUT2D eigenvalue weighted by molar-refractivity contribution is 6.90. The van der Waals surface area contributed by atoms with Crippen LogP contribution in [0.15, 0.2) is 42.1 Å². The highest BCUT2D eigenvalue weighted by Gasteiger charge is 2.49. The van der Waals surface area contributed by atoms with Crippen LogP contribution < -0.4 is 14.4 Å². The molecule has 2 bridgehead atoms. The number of rotatable bonds is 11. The fraction of sp³-hybridized carbons (Fsp3) is 0.560. The van der Waals surface area contributed by atoms with Crippen LogP contribution in [0.4, 0.5) is 28.2 Å². The van der Waals surface area contributed by atoms with Gasteiger partial charge in [-0.3, -0.25) is 14.8 Å². The molecule has 1 amide bonds. The van der Waals surface area contributed by atoms with E-state index in [2.05, 4.69) is 53.0 Å². The molecule has 11 nitrogen and oxygen atoms in total. The van der Waals surface area contributed by atoms with Crippen LogP contribution in [0, 0.1) is 23.1 Å². The zero-order valence-corrected chi connectivity index (χ0v) is 40.8. The number of hydrogen-bond acceptors (Lipinski definition) is 10. The van der Waals surface area contributed by atoms with Crippen molar-refractivity contribution in [3.8, 4) is 34.5 Å². The number of ether oxygens (including phenoxy) is 4. The molecule has 2 aromatic carbocycles. The first-order valence-electron chi connectivity index (χ1n) is 23.2. The molecule has 8 rings (SSSR count). The van der Waals surface area contributed by atoms with Gasteiger partial charge in [0, 0.05) is 49.5 Å². The molecule has 354 valence electrons. The minimum Gasteiger partial charge on any atom is -0.468 e. The van der Waals surface area contributed by atoms with Crippen molar-refractivity contribution in [3.63, 3.8) is 0 Å². The Bertz CT molecular complexity index is 2590. The van der Waals surface area contributed by atoms with E-state index in [1.54, 1.807) is 18.2 Å². The smallest absolute Gasteiger partial charge is 0.410 e. The maximum absolute atomic E-state index is 17.9. The minimum absolute atomic E-state index is 0.0186. The molecule has 4 aliphatic rings. The molecule has 4 fully saturated rings. The first-order chi connectivity index (χ1) is 31.3. The molecular weight excluding hydrogens is 869 g/mol. The third kappa shape index (κ3) is 8.71. The quantitative estimate of drug-likeness (QED) is 0.0625. The van der Waals surface area contributed by atoms with Crippen molar-refractivity contribution >= 4 is 41.7 Å². The van der Waals surface area contributed by atoms with E-state index in [-0.39, 0.29) is 95.1 Å². The van der Waals surface area contributed by atoms with Gasteiger partial charge in [-0.2, -0.15) is 18.7 Å². The fourth-order valence-electron chi connectivity index (χ4n) is 11.4. The van der Waals surface area contributed by atoms with Gasteiger partial charge in [0.1, 0.15) is 48.9 Å². The largest absolute Gasteiger partial charge is 0.468 e. The second-order valence-corrected chi connectivity index (χ2v) is 26.0. The lowest BCUT2D eigenvalue weighted by atomic mass is 9.94. The number of hydrogen-bond donors (Lipinski definition) is 0. The number of amides is 1. The zero-order chi connectivity index (χ0) is 47.5. The van der Waals surface area contributed by atoms with Crippen LogP contribution in [-0.2, 0) is 9.47 Å². The van der Waals surface area contributed by atoms with Gasteiger partial charge >= 0.3 is 12.1 Å². The number of fused-ring (bicyclic) bond motifs is 5. The average Bonchev–Trinajstić information content (AvgIpc) is 3.90. The minimum atomic E-state index is -2.35. The van der Waals surface area contributed by atoms with Crippen LogP contribution >= 0.6 is 0 Å². The summed E-state index contributed by atoms with van der Waals surface area (Å²) in [5.74, 6) is 2.70. The molecule has 0 spiro atoms. The van der Waals surface area contributed by atoms with E-state index < -0.39 is 36.9 Å². The van der Waals surface area contributed by atoms with Gasteiger partial charge in [-0.15, -0.1) is 5.54 Å². The van der Waals surface area contributed by atoms with E-state index in [1.807, 2.05) is 35.5 Å². The van der Waals surface area contributed by atoms with Crippen molar-refractivity contribution < 1.29 is 41.3 Å². The molecular formula is C50H62F4N6O5Si.